The van der Waals surface area contributed by atoms with Crippen LogP contribution in [0.5, 0.6) is 0 Å². The van der Waals surface area contributed by atoms with Gasteiger partial charge in [-0.05, 0) is 32.4 Å². The number of aryl methyl sites for hydroxylation is 1. The molecular weight excluding hydrogens is 282 g/mol. The molecule has 1 aromatic carbocycles. The normalized spacial score (nSPS) is 10.6. The van der Waals surface area contributed by atoms with Gasteiger partial charge in [0, 0.05) is 23.9 Å². The third-order valence-corrected chi connectivity index (χ3v) is 3.36. The SMILES string of the molecule is CCOC(=O)CCCn1c(C(=O)OCC)cc2ccccc21. The molecule has 0 aliphatic rings. The number of nitrogens with zero attached hydrogens (tertiary/aromatic N) is 1. The Labute approximate surface area is 129 Å². The molecule has 0 amide bonds. The lowest BCUT2D eigenvalue weighted by Gasteiger charge is -2.10. The Balaban J connectivity index is 2.20. The van der Waals surface area contributed by atoms with Crippen molar-refractivity contribution in [3.05, 3.63) is 36.0 Å². The molecule has 0 spiro atoms. The van der Waals surface area contributed by atoms with Crippen LogP contribution in [0, 0.1) is 0 Å². The minimum atomic E-state index is -0.338. The van der Waals surface area contributed by atoms with Crippen molar-refractivity contribution in [1.29, 1.82) is 0 Å². The van der Waals surface area contributed by atoms with Gasteiger partial charge in [0.2, 0.25) is 0 Å². The molecule has 22 heavy (non-hydrogen) atoms. The molecule has 0 saturated carbocycles. The molecule has 1 aromatic heterocycles. The van der Waals surface area contributed by atoms with Gasteiger partial charge in [-0.3, -0.25) is 4.79 Å². The largest absolute Gasteiger partial charge is 0.466 e. The molecule has 0 aliphatic carbocycles. The Morgan fingerprint density at radius 1 is 1.09 bits per heavy atom. The van der Waals surface area contributed by atoms with E-state index < -0.39 is 0 Å². The number of hydrogen-bond donors (Lipinski definition) is 0. The van der Waals surface area contributed by atoms with Crippen LogP contribution in [0.4, 0.5) is 0 Å². The summed E-state index contributed by atoms with van der Waals surface area (Å²) in [7, 11) is 0. The highest BCUT2D eigenvalue weighted by Crippen LogP contribution is 2.21. The van der Waals surface area contributed by atoms with E-state index in [1.165, 1.54) is 0 Å². The van der Waals surface area contributed by atoms with Crippen LogP contribution in [0.1, 0.15) is 37.2 Å². The molecule has 5 nitrogen and oxygen atoms in total. The lowest BCUT2D eigenvalue weighted by Crippen LogP contribution is -2.13. The zero-order valence-electron chi connectivity index (χ0n) is 13.0. The summed E-state index contributed by atoms with van der Waals surface area (Å²) in [5.41, 5.74) is 1.49. The molecule has 0 atom stereocenters. The fourth-order valence-electron chi connectivity index (χ4n) is 2.44. The van der Waals surface area contributed by atoms with E-state index >= 15 is 0 Å². The molecule has 0 saturated heterocycles. The van der Waals surface area contributed by atoms with Crippen molar-refractivity contribution in [2.24, 2.45) is 0 Å². The number of ether oxygens (including phenoxy) is 2. The molecule has 1 heterocycles. The van der Waals surface area contributed by atoms with Gasteiger partial charge in [-0.15, -0.1) is 0 Å². The maximum absolute atomic E-state index is 12.1. The van der Waals surface area contributed by atoms with E-state index in [1.54, 1.807) is 13.8 Å². The topological polar surface area (TPSA) is 57.5 Å². The van der Waals surface area contributed by atoms with Gasteiger partial charge < -0.3 is 14.0 Å². The van der Waals surface area contributed by atoms with Gasteiger partial charge in [0.25, 0.3) is 0 Å². The Bertz CT molecular complexity index is 660. The van der Waals surface area contributed by atoms with Crippen molar-refractivity contribution in [1.82, 2.24) is 4.57 Å². The summed E-state index contributed by atoms with van der Waals surface area (Å²) >= 11 is 0. The van der Waals surface area contributed by atoms with E-state index in [0.29, 0.717) is 38.3 Å². The minimum absolute atomic E-state index is 0.211. The van der Waals surface area contributed by atoms with Crippen LogP contribution in [-0.4, -0.2) is 29.7 Å². The molecule has 2 rings (SSSR count). The zero-order valence-corrected chi connectivity index (χ0v) is 13.0. The zero-order chi connectivity index (χ0) is 15.9. The van der Waals surface area contributed by atoms with Crippen molar-refractivity contribution >= 4 is 22.8 Å². The highest BCUT2D eigenvalue weighted by Gasteiger charge is 2.16. The molecule has 0 bridgehead atoms. The van der Waals surface area contributed by atoms with Gasteiger partial charge in [-0.25, -0.2) is 4.79 Å². The summed E-state index contributed by atoms with van der Waals surface area (Å²) in [6.45, 7) is 4.87. The highest BCUT2D eigenvalue weighted by molar-refractivity contribution is 5.95. The number of rotatable bonds is 7. The first kappa shape index (κ1) is 16.1. The molecule has 0 N–H and O–H groups in total. The first-order valence-corrected chi connectivity index (χ1v) is 7.58. The molecular formula is C17H21NO4. The molecule has 2 aromatic rings. The molecule has 5 heteroatoms. The van der Waals surface area contributed by atoms with Gasteiger partial charge in [-0.1, -0.05) is 18.2 Å². The van der Waals surface area contributed by atoms with E-state index in [-0.39, 0.29) is 11.9 Å². The molecule has 0 aliphatic heterocycles. The Morgan fingerprint density at radius 2 is 1.82 bits per heavy atom. The third kappa shape index (κ3) is 3.67. The predicted octanol–water partition coefficient (Wildman–Crippen LogP) is 3.16. The summed E-state index contributed by atoms with van der Waals surface area (Å²) in [4.78, 5) is 23.5. The van der Waals surface area contributed by atoms with Crippen LogP contribution in [0.25, 0.3) is 10.9 Å². The average molecular weight is 303 g/mol. The second-order valence-electron chi connectivity index (χ2n) is 4.87. The number of aromatic nitrogens is 1. The summed E-state index contributed by atoms with van der Waals surface area (Å²) in [5.74, 6) is -0.550. The predicted molar refractivity (Wildman–Crippen MR) is 83.8 cm³/mol. The second-order valence-corrected chi connectivity index (χ2v) is 4.87. The fraction of sp³-hybridized carbons (Fsp3) is 0.412. The maximum Gasteiger partial charge on any atom is 0.354 e. The van der Waals surface area contributed by atoms with Crippen molar-refractivity contribution in [3.8, 4) is 0 Å². The van der Waals surface area contributed by atoms with E-state index in [1.807, 2.05) is 34.9 Å². The van der Waals surface area contributed by atoms with E-state index in [9.17, 15) is 9.59 Å². The molecule has 118 valence electrons. The lowest BCUT2D eigenvalue weighted by atomic mass is 10.2. The summed E-state index contributed by atoms with van der Waals surface area (Å²) < 4.78 is 11.9. The minimum Gasteiger partial charge on any atom is -0.466 e. The number of fused-ring (bicyclic) bond motifs is 1. The van der Waals surface area contributed by atoms with Gasteiger partial charge >= 0.3 is 11.9 Å². The smallest absolute Gasteiger partial charge is 0.354 e. The quantitative estimate of drug-likeness (QED) is 0.737. The Kier molecular flexibility index (Phi) is 5.58. The van der Waals surface area contributed by atoms with Crippen LogP contribution in [0.15, 0.2) is 30.3 Å². The number of esters is 2. The van der Waals surface area contributed by atoms with E-state index in [2.05, 4.69) is 0 Å². The standard InChI is InChI=1S/C17H21NO4/c1-3-21-16(19)10-7-11-18-14-9-6-5-8-13(14)12-15(18)17(20)22-4-2/h5-6,8-9,12H,3-4,7,10-11H2,1-2H3. The van der Waals surface area contributed by atoms with Gasteiger partial charge in [0.1, 0.15) is 5.69 Å². The number of para-hydroxylation sites is 1. The van der Waals surface area contributed by atoms with E-state index in [0.717, 1.165) is 10.9 Å². The van der Waals surface area contributed by atoms with Crippen molar-refractivity contribution in [2.75, 3.05) is 13.2 Å². The van der Waals surface area contributed by atoms with Crippen LogP contribution in [0.2, 0.25) is 0 Å². The van der Waals surface area contributed by atoms with Crippen molar-refractivity contribution in [2.45, 2.75) is 33.2 Å². The third-order valence-electron chi connectivity index (χ3n) is 3.36. The lowest BCUT2D eigenvalue weighted by molar-refractivity contribution is -0.143. The van der Waals surface area contributed by atoms with Gasteiger partial charge in [-0.2, -0.15) is 0 Å². The molecule has 0 unspecified atom stereocenters. The van der Waals surface area contributed by atoms with Crippen molar-refractivity contribution in [3.63, 3.8) is 0 Å². The van der Waals surface area contributed by atoms with Crippen molar-refractivity contribution < 1.29 is 19.1 Å². The van der Waals surface area contributed by atoms with Gasteiger partial charge in [0.15, 0.2) is 0 Å². The average Bonchev–Trinajstić information content (AvgIpc) is 2.87. The number of carbonyl (C=O) groups is 2. The fourth-order valence-corrected chi connectivity index (χ4v) is 2.44. The summed E-state index contributed by atoms with van der Waals surface area (Å²) in [6, 6.07) is 9.61. The number of benzene rings is 1. The number of carbonyl (C=O) groups excluding carboxylic acids is 2. The van der Waals surface area contributed by atoms with Crippen LogP contribution in [0.3, 0.4) is 0 Å². The van der Waals surface area contributed by atoms with Crippen LogP contribution >= 0.6 is 0 Å². The first-order valence-electron chi connectivity index (χ1n) is 7.58. The highest BCUT2D eigenvalue weighted by atomic mass is 16.5. The monoisotopic (exact) mass is 303 g/mol. The molecule has 0 radical (unpaired) electrons. The van der Waals surface area contributed by atoms with E-state index in [4.69, 9.17) is 9.47 Å². The number of hydrogen-bond acceptors (Lipinski definition) is 4. The van der Waals surface area contributed by atoms with Gasteiger partial charge in [0.05, 0.1) is 13.2 Å². The first-order chi connectivity index (χ1) is 10.7. The van der Waals surface area contributed by atoms with Crippen LogP contribution < -0.4 is 0 Å². The summed E-state index contributed by atoms with van der Waals surface area (Å²) in [6.07, 6.45) is 0.951. The Morgan fingerprint density at radius 3 is 2.55 bits per heavy atom. The van der Waals surface area contributed by atoms with Crippen LogP contribution in [-0.2, 0) is 20.8 Å². The maximum atomic E-state index is 12.1. The molecule has 0 fully saturated rings. The Hall–Kier alpha value is -2.30. The second kappa shape index (κ2) is 7.64. The summed E-state index contributed by atoms with van der Waals surface area (Å²) in [5, 5.41) is 0.988.